The molecule has 8 heteroatoms. The van der Waals surface area contributed by atoms with E-state index in [1.807, 2.05) is 13.1 Å². The first-order valence-electron chi connectivity index (χ1n) is 12.7. The van der Waals surface area contributed by atoms with E-state index in [0.29, 0.717) is 35.9 Å². The van der Waals surface area contributed by atoms with Crippen LogP contribution in [0.15, 0.2) is 18.3 Å². The number of fused-ring (bicyclic) bond motifs is 1. The molecule has 1 aromatic carbocycles. The average molecular weight is 508 g/mol. The van der Waals surface area contributed by atoms with Crippen LogP contribution in [0.1, 0.15) is 88.1 Å². The Bertz CT molecular complexity index is 995. The average Bonchev–Trinajstić information content (AvgIpc) is 3.27. The molecule has 3 atom stereocenters. The lowest BCUT2D eigenvalue weighted by Crippen LogP contribution is -2.47. The van der Waals surface area contributed by atoms with Gasteiger partial charge in [0.2, 0.25) is 5.91 Å². The molecule has 0 aliphatic heterocycles. The molecule has 2 N–H and O–H groups in total. The summed E-state index contributed by atoms with van der Waals surface area (Å²) in [5, 5.41) is 7.01. The molecule has 0 saturated carbocycles. The second-order valence-corrected chi connectivity index (χ2v) is 11.3. The molecular formula is C27H39F2N3O2S. The van der Waals surface area contributed by atoms with Crippen LogP contribution in [0, 0.1) is 11.6 Å². The topological polar surface area (TPSA) is 63.2 Å². The van der Waals surface area contributed by atoms with Gasteiger partial charge in [-0.05, 0) is 81.9 Å². The Balaban J connectivity index is 1.56. The third-order valence-electron chi connectivity index (χ3n) is 7.00. The Hall–Kier alpha value is -1.90. The van der Waals surface area contributed by atoms with E-state index < -0.39 is 17.7 Å². The van der Waals surface area contributed by atoms with Gasteiger partial charge in [-0.15, -0.1) is 11.3 Å². The molecule has 1 amide bonds. The molecule has 3 rings (SSSR count). The first-order valence-corrected chi connectivity index (χ1v) is 13.5. The van der Waals surface area contributed by atoms with Gasteiger partial charge in [0.05, 0.1) is 11.6 Å². The number of aryl methyl sites for hydroxylation is 1. The number of nitrogens with zero attached hydrogens (tertiary/aromatic N) is 1. The summed E-state index contributed by atoms with van der Waals surface area (Å²) < 4.78 is 33.3. The number of hydrogen-bond acceptors (Lipinski definition) is 5. The van der Waals surface area contributed by atoms with Crippen molar-refractivity contribution in [1.82, 2.24) is 10.3 Å². The summed E-state index contributed by atoms with van der Waals surface area (Å²) in [7, 11) is 1.74. The minimum Gasteiger partial charge on any atom is -0.379 e. The second kappa shape index (κ2) is 12.4. The van der Waals surface area contributed by atoms with Gasteiger partial charge in [0, 0.05) is 30.3 Å². The van der Waals surface area contributed by atoms with Crippen molar-refractivity contribution in [1.29, 1.82) is 0 Å². The molecule has 2 unspecified atom stereocenters. The molecule has 0 spiro atoms. The number of carbonyl (C=O) groups excluding carboxylic acids is 1. The minimum atomic E-state index is -0.535. The van der Waals surface area contributed by atoms with Crippen LogP contribution >= 0.6 is 11.3 Å². The molecule has 0 bridgehead atoms. The summed E-state index contributed by atoms with van der Waals surface area (Å²) in [5.41, 5.74) is 1.17. The zero-order valence-corrected chi connectivity index (χ0v) is 22.4. The number of carbonyl (C=O) groups is 1. The van der Waals surface area contributed by atoms with Gasteiger partial charge in [-0.3, -0.25) is 4.79 Å². The smallest absolute Gasteiger partial charge is 0.243 e. The minimum absolute atomic E-state index is 0.0343. The number of methoxy groups -OCH3 is 1. The van der Waals surface area contributed by atoms with Gasteiger partial charge < -0.3 is 15.4 Å². The number of rotatable bonds is 12. The van der Waals surface area contributed by atoms with E-state index in [-0.39, 0.29) is 17.6 Å². The number of benzene rings is 1. The Kier molecular flexibility index (Phi) is 9.78. The molecule has 0 saturated heterocycles. The summed E-state index contributed by atoms with van der Waals surface area (Å²) in [6.07, 6.45) is 8.23. The molecule has 2 aromatic rings. The normalized spacial score (nSPS) is 17.6. The van der Waals surface area contributed by atoms with Crippen molar-refractivity contribution in [2.75, 3.05) is 12.4 Å². The number of halogens is 2. The van der Waals surface area contributed by atoms with Gasteiger partial charge in [0.15, 0.2) is 5.13 Å². The maximum Gasteiger partial charge on any atom is 0.243 e. The lowest BCUT2D eigenvalue weighted by atomic mass is 9.87. The lowest BCUT2D eigenvalue weighted by Gasteiger charge is -2.29. The van der Waals surface area contributed by atoms with E-state index in [2.05, 4.69) is 36.4 Å². The van der Waals surface area contributed by atoms with Crippen molar-refractivity contribution >= 4 is 22.4 Å². The van der Waals surface area contributed by atoms with Gasteiger partial charge in [-0.1, -0.05) is 20.3 Å². The Morgan fingerprint density at radius 2 is 2.09 bits per heavy atom. The van der Waals surface area contributed by atoms with Crippen molar-refractivity contribution in [2.45, 2.75) is 103 Å². The van der Waals surface area contributed by atoms with Crippen molar-refractivity contribution in [3.8, 4) is 0 Å². The highest BCUT2D eigenvalue weighted by Gasteiger charge is 2.27. The molecule has 35 heavy (non-hydrogen) atoms. The number of anilines is 1. The number of nitrogens with one attached hydrogen (secondary N) is 2. The lowest BCUT2D eigenvalue weighted by molar-refractivity contribution is -0.118. The fourth-order valence-electron chi connectivity index (χ4n) is 4.64. The third kappa shape index (κ3) is 7.79. The van der Waals surface area contributed by atoms with Crippen LogP contribution < -0.4 is 10.6 Å². The molecular weight excluding hydrogens is 468 g/mol. The fourth-order valence-corrected chi connectivity index (χ4v) is 5.54. The summed E-state index contributed by atoms with van der Waals surface area (Å²) in [4.78, 5) is 18.7. The highest BCUT2D eigenvalue weighted by atomic mass is 32.1. The predicted molar refractivity (Wildman–Crippen MR) is 138 cm³/mol. The second-order valence-electron chi connectivity index (χ2n) is 10.3. The first kappa shape index (κ1) is 27.7. The predicted octanol–water partition coefficient (Wildman–Crippen LogP) is 6.37. The van der Waals surface area contributed by atoms with E-state index in [9.17, 15) is 13.6 Å². The van der Waals surface area contributed by atoms with Crippen LogP contribution in [0.4, 0.5) is 13.9 Å². The zero-order chi connectivity index (χ0) is 25.6. The molecule has 1 heterocycles. The number of amides is 1. The van der Waals surface area contributed by atoms with E-state index in [0.717, 1.165) is 48.6 Å². The van der Waals surface area contributed by atoms with E-state index >= 15 is 0 Å². The van der Waals surface area contributed by atoms with Crippen molar-refractivity contribution < 1.29 is 18.3 Å². The Labute approximate surface area is 212 Å². The molecule has 1 aliphatic carbocycles. The largest absolute Gasteiger partial charge is 0.379 e. The molecule has 1 aliphatic rings. The summed E-state index contributed by atoms with van der Waals surface area (Å²) in [6.45, 7) is 8.42. The summed E-state index contributed by atoms with van der Waals surface area (Å²) >= 11 is 1.52. The Morgan fingerprint density at radius 1 is 1.31 bits per heavy atom. The van der Waals surface area contributed by atoms with E-state index in [1.54, 1.807) is 7.11 Å². The van der Waals surface area contributed by atoms with Crippen molar-refractivity contribution in [3.63, 3.8) is 0 Å². The van der Waals surface area contributed by atoms with Crippen molar-refractivity contribution in [3.05, 3.63) is 46.0 Å². The molecule has 5 nitrogen and oxygen atoms in total. The van der Waals surface area contributed by atoms with Crippen LogP contribution in [0.2, 0.25) is 0 Å². The van der Waals surface area contributed by atoms with Crippen LogP contribution in [-0.4, -0.2) is 35.7 Å². The summed E-state index contributed by atoms with van der Waals surface area (Å²) in [6, 6.07) is 1.94. The fraction of sp³-hybridized carbons (Fsp3) is 0.630. The van der Waals surface area contributed by atoms with Crippen LogP contribution in [-0.2, 0) is 22.4 Å². The zero-order valence-electron chi connectivity index (χ0n) is 21.5. The first-order chi connectivity index (χ1) is 16.6. The van der Waals surface area contributed by atoms with Crippen LogP contribution in [0.25, 0.3) is 0 Å². The number of aromatic nitrogens is 1. The Morgan fingerprint density at radius 3 is 2.80 bits per heavy atom. The molecule has 0 fully saturated rings. The monoisotopic (exact) mass is 507 g/mol. The number of hydrogen-bond donors (Lipinski definition) is 2. The van der Waals surface area contributed by atoms with Crippen LogP contribution in [0.3, 0.4) is 0 Å². The molecule has 0 radical (unpaired) electrons. The number of ether oxygens (including phenoxy) is 1. The maximum atomic E-state index is 14.3. The standard InChI is InChI=1S/C27H39F2N3O2S/c1-6-8-23(31-20-11-10-18-13-19(28)14-22(29)21(18)15-20)25(33)32-26-30-16-24(35-26)17(2)9-7-12-27(3,4)34-5/h13-14,16-17,20,23,31H,6-12,15H2,1-5H3,(H,30,32,33)/t17?,20?,23-/m0/s1. The SMILES string of the molecule is CCC[C@H](NC1CCc2cc(F)cc(F)c2C1)C(=O)Nc1ncc(C(C)CCCC(C)(C)OC)s1. The maximum absolute atomic E-state index is 14.3. The van der Waals surface area contributed by atoms with Crippen molar-refractivity contribution in [2.24, 2.45) is 0 Å². The number of thiazole rings is 1. The van der Waals surface area contributed by atoms with Gasteiger partial charge in [0.1, 0.15) is 11.6 Å². The van der Waals surface area contributed by atoms with E-state index in [1.165, 1.54) is 17.4 Å². The molecule has 1 aromatic heterocycles. The highest BCUT2D eigenvalue weighted by Crippen LogP contribution is 2.31. The van der Waals surface area contributed by atoms with Gasteiger partial charge >= 0.3 is 0 Å². The van der Waals surface area contributed by atoms with Gasteiger partial charge in [-0.2, -0.15) is 0 Å². The van der Waals surface area contributed by atoms with Crippen LogP contribution in [0.5, 0.6) is 0 Å². The summed E-state index contributed by atoms with van der Waals surface area (Å²) in [5.74, 6) is -0.796. The highest BCUT2D eigenvalue weighted by molar-refractivity contribution is 7.15. The van der Waals surface area contributed by atoms with Gasteiger partial charge in [0.25, 0.3) is 0 Å². The van der Waals surface area contributed by atoms with Gasteiger partial charge in [-0.25, -0.2) is 13.8 Å². The van der Waals surface area contributed by atoms with E-state index in [4.69, 9.17) is 4.74 Å². The third-order valence-corrected chi connectivity index (χ3v) is 8.15. The quantitative estimate of drug-likeness (QED) is 0.350. The molecule has 194 valence electrons.